The number of Topliss-reactive ketones (excluding diaryl/α,β-unsaturated/α-hetero) is 1. The van der Waals surface area contributed by atoms with Crippen molar-refractivity contribution in [2.24, 2.45) is 5.92 Å². The SMILES string of the molecule is CC(C)C(NS(=O)(=O)c1ccccc1)C(=O)N[C@@H]1CCc2cc([nH]n2)CCNC(=O)C1=O. The quantitative estimate of drug-likeness (QED) is 0.447. The molecule has 2 amide bonds. The molecule has 2 heterocycles. The van der Waals surface area contributed by atoms with E-state index < -0.39 is 45.6 Å². The lowest BCUT2D eigenvalue weighted by Gasteiger charge is -2.24. The summed E-state index contributed by atoms with van der Waals surface area (Å²) in [5.74, 6) is -2.65. The number of amides is 2. The summed E-state index contributed by atoms with van der Waals surface area (Å²) < 4.78 is 27.9. The van der Waals surface area contributed by atoms with E-state index in [4.69, 9.17) is 0 Å². The molecule has 0 radical (unpaired) electrons. The molecular formula is C21H27N5O5S. The van der Waals surface area contributed by atoms with Crippen LogP contribution in [0.3, 0.4) is 0 Å². The molecule has 10 nitrogen and oxygen atoms in total. The molecule has 11 heteroatoms. The van der Waals surface area contributed by atoms with Crippen molar-refractivity contribution in [1.29, 1.82) is 0 Å². The van der Waals surface area contributed by atoms with Crippen LogP contribution >= 0.6 is 0 Å². The second-order valence-electron chi connectivity index (χ2n) is 8.01. The van der Waals surface area contributed by atoms with Crippen LogP contribution in [-0.4, -0.2) is 54.8 Å². The Morgan fingerprint density at radius 3 is 2.56 bits per heavy atom. The van der Waals surface area contributed by atoms with Gasteiger partial charge in [0.1, 0.15) is 6.04 Å². The van der Waals surface area contributed by atoms with Crippen molar-refractivity contribution in [2.75, 3.05) is 6.54 Å². The van der Waals surface area contributed by atoms with Crippen molar-refractivity contribution in [2.45, 2.75) is 50.1 Å². The number of H-pyrrole nitrogens is 1. The normalized spacial score (nSPS) is 18.5. The van der Waals surface area contributed by atoms with Crippen molar-refractivity contribution in [3.05, 3.63) is 47.8 Å². The van der Waals surface area contributed by atoms with Crippen LogP contribution in [0.2, 0.25) is 0 Å². The lowest BCUT2D eigenvalue weighted by molar-refractivity contribution is -0.140. The highest BCUT2D eigenvalue weighted by Gasteiger charge is 2.33. The highest BCUT2D eigenvalue weighted by molar-refractivity contribution is 7.89. The number of aryl methyl sites for hydroxylation is 1. The number of benzene rings is 1. The van der Waals surface area contributed by atoms with Gasteiger partial charge in [-0.15, -0.1) is 0 Å². The van der Waals surface area contributed by atoms with Crippen LogP contribution in [0.1, 0.15) is 31.7 Å². The van der Waals surface area contributed by atoms with Crippen molar-refractivity contribution in [3.63, 3.8) is 0 Å². The average Bonchev–Trinajstić information content (AvgIpc) is 3.21. The van der Waals surface area contributed by atoms with Crippen molar-refractivity contribution >= 4 is 27.6 Å². The molecule has 1 aliphatic heterocycles. The monoisotopic (exact) mass is 461 g/mol. The maximum absolute atomic E-state index is 13.0. The number of nitrogens with zero attached hydrogens (tertiary/aromatic N) is 1. The molecule has 1 unspecified atom stereocenters. The molecule has 0 aliphatic carbocycles. The number of fused-ring (bicyclic) bond motifs is 2. The largest absolute Gasteiger partial charge is 0.349 e. The van der Waals surface area contributed by atoms with Crippen LogP contribution in [-0.2, 0) is 37.2 Å². The van der Waals surface area contributed by atoms with Crippen LogP contribution in [0.5, 0.6) is 0 Å². The number of aromatic amines is 1. The molecule has 32 heavy (non-hydrogen) atoms. The maximum atomic E-state index is 13.0. The van der Waals surface area contributed by atoms with Crippen LogP contribution in [0.4, 0.5) is 0 Å². The number of sulfonamides is 1. The Morgan fingerprint density at radius 2 is 1.88 bits per heavy atom. The molecule has 0 fully saturated rings. The van der Waals surface area contributed by atoms with Gasteiger partial charge in [-0.1, -0.05) is 32.0 Å². The third-order valence-electron chi connectivity index (χ3n) is 5.19. The standard InChI is InChI=1S/C21H27N5O5S/c1-13(2)18(26-32(30,31)16-6-4-3-5-7-16)20(28)23-17-9-8-14-12-15(25-24-14)10-11-22-21(29)19(17)27/h3-7,12-13,17-18,26H,8-11H2,1-2H3,(H,22,29)(H,23,28)(H,24,25)/t17-,18?/m1/s1. The van der Waals surface area contributed by atoms with Gasteiger partial charge < -0.3 is 10.6 Å². The summed E-state index contributed by atoms with van der Waals surface area (Å²) in [5, 5.41) is 12.2. The minimum absolute atomic E-state index is 0.0261. The van der Waals surface area contributed by atoms with E-state index in [0.717, 1.165) is 5.69 Å². The number of nitrogens with one attached hydrogen (secondary N) is 4. The first-order valence-electron chi connectivity index (χ1n) is 10.4. The molecule has 2 atom stereocenters. The molecule has 0 spiro atoms. The van der Waals surface area contributed by atoms with Crippen LogP contribution < -0.4 is 15.4 Å². The molecule has 2 aromatic rings. The molecule has 3 rings (SSSR count). The number of aromatic nitrogens is 2. The van der Waals surface area contributed by atoms with Gasteiger partial charge in [-0.2, -0.15) is 9.82 Å². The Balaban J connectivity index is 1.77. The highest BCUT2D eigenvalue weighted by atomic mass is 32.2. The molecule has 4 N–H and O–H groups in total. The topological polar surface area (TPSA) is 150 Å². The zero-order chi connectivity index (χ0) is 23.3. The van der Waals surface area contributed by atoms with Crippen molar-refractivity contribution in [1.82, 2.24) is 25.6 Å². The van der Waals surface area contributed by atoms with Gasteiger partial charge in [0, 0.05) is 18.7 Å². The first-order chi connectivity index (χ1) is 15.2. The summed E-state index contributed by atoms with van der Waals surface area (Å²) >= 11 is 0. The number of hydrogen-bond donors (Lipinski definition) is 4. The Kier molecular flexibility index (Phi) is 7.41. The third kappa shape index (κ3) is 5.80. The summed E-state index contributed by atoms with van der Waals surface area (Å²) in [6.07, 6.45) is 1.01. The minimum atomic E-state index is -3.96. The molecular weight excluding hydrogens is 434 g/mol. The molecule has 1 aromatic heterocycles. The number of carbonyl (C=O) groups excluding carboxylic acids is 3. The van der Waals surface area contributed by atoms with Crippen molar-refractivity contribution in [3.8, 4) is 0 Å². The van der Waals surface area contributed by atoms with Gasteiger partial charge in [0.2, 0.25) is 21.7 Å². The predicted octanol–water partition coefficient (Wildman–Crippen LogP) is 0.0716. The average molecular weight is 462 g/mol. The molecule has 0 saturated carbocycles. The van der Waals surface area contributed by atoms with E-state index in [1.165, 1.54) is 12.1 Å². The summed E-state index contributed by atoms with van der Waals surface area (Å²) in [4.78, 5) is 38.0. The van der Waals surface area contributed by atoms with Gasteiger partial charge in [-0.05, 0) is 37.0 Å². The molecule has 2 bridgehead atoms. The van der Waals surface area contributed by atoms with E-state index in [9.17, 15) is 22.8 Å². The zero-order valence-corrected chi connectivity index (χ0v) is 18.7. The van der Waals surface area contributed by atoms with Crippen molar-refractivity contribution < 1.29 is 22.8 Å². The number of ketones is 1. The Bertz CT molecular complexity index is 1080. The second kappa shape index (κ2) is 10.0. The summed E-state index contributed by atoms with van der Waals surface area (Å²) in [5.41, 5.74) is 1.55. The van der Waals surface area contributed by atoms with E-state index in [1.807, 2.05) is 6.07 Å². The van der Waals surface area contributed by atoms with E-state index in [-0.39, 0.29) is 17.9 Å². The zero-order valence-electron chi connectivity index (χ0n) is 17.9. The Morgan fingerprint density at radius 1 is 1.16 bits per heavy atom. The third-order valence-corrected chi connectivity index (χ3v) is 6.65. The van der Waals surface area contributed by atoms with Crippen LogP contribution in [0.25, 0.3) is 0 Å². The van der Waals surface area contributed by atoms with Gasteiger partial charge in [0.25, 0.3) is 5.91 Å². The number of carbonyl (C=O) groups is 3. The van der Waals surface area contributed by atoms with E-state index >= 15 is 0 Å². The lowest BCUT2D eigenvalue weighted by atomic mass is 10.0. The summed E-state index contributed by atoms with van der Waals surface area (Å²) in [6, 6.07) is 7.31. The van der Waals surface area contributed by atoms with Gasteiger partial charge in [0.05, 0.1) is 16.6 Å². The lowest BCUT2D eigenvalue weighted by Crippen LogP contribution is -2.55. The number of hydrogen-bond acceptors (Lipinski definition) is 6. The predicted molar refractivity (Wildman–Crippen MR) is 116 cm³/mol. The molecule has 1 aromatic carbocycles. The van der Waals surface area contributed by atoms with Gasteiger partial charge >= 0.3 is 0 Å². The summed E-state index contributed by atoms with van der Waals surface area (Å²) in [7, 11) is -3.96. The van der Waals surface area contributed by atoms with Crippen LogP contribution in [0.15, 0.2) is 41.3 Å². The summed E-state index contributed by atoms with van der Waals surface area (Å²) in [6.45, 7) is 3.63. The molecule has 1 aliphatic rings. The Hall–Kier alpha value is -3.05. The van der Waals surface area contributed by atoms with Gasteiger partial charge in [0.15, 0.2) is 0 Å². The molecule has 0 saturated heterocycles. The maximum Gasteiger partial charge on any atom is 0.289 e. The molecule has 172 valence electrons. The fourth-order valence-electron chi connectivity index (χ4n) is 3.37. The smallest absolute Gasteiger partial charge is 0.289 e. The minimum Gasteiger partial charge on any atom is -0.349 e. The van der Waals surface area contributed by atoms with E-state index in [1.54, 1.807) is 32.0 Å². The fourth-order valence-corrected chi connectivity index (χ4v) is 4.74. The highest BCUT2D eigenvalue weighted by Crippen LogP contribution is 2.13. The van der Waals surface area contributed by atoms with E-state index in [2.05, 4.69) is 25.6 Å². The van der Waals surface area contributed by atoms with Gasteiger partial charge in [-0.25, -0.2) is 8.42 Å². The van der Waals surface area contributed by atoms with Gasteiger partial charge in [-0.3, -0.25) is 19.5 Å². The van der Waals surface area contributed by atoms with Crippen LogP contribution in [0, 0.1) is 5.92 Å². The Labute approximate surface area is 186 Å². The second-order valence-corrected chi connectivity index (χ2v) is 9.72. The first-order valence-corrected chi connectivity index (χ1v) is 11.9. The van der Waals surface area contributed by atoms with E-state index in [0.29, 0.717) is 18.5 Å². The fraction of sp³-hybridized carbons (Fsp3) is 0.429. The number of rotatable bonds is 6. The first kappa shape index (κ1) is 23.6.